The fraction of sp³-hybridized carbons (Fsp3) is 0.625. The molecule has 2 nitrogen and oxygen atoms in total. The topological polar surface area (TPSA) is 15.3 Å². The highest BCUT2D eigenvalue weighted by Gasteiger charge is 2.32. The molecular weight excluding hydrogens is 258 g/mol. The fourth-order valence-corrected chi connectivity index (χ4v) is 2.91. The number of hydrogen-bond acceptors (Lipinski definition) is 2. The van der Waals surface area contributed by atoms with Gasteiger partial charge in [-0.3, -0.25) is 4.90 Å². The number of nitrogens with zero attached hydrogens (tertiary/aromatic N) is 1. The zero-order valence-electron chi connectivity index (χ0n) is 12.5. The molecule has 1 aromatic carbocycles. The lowest BCUT2D eigenvalue weighted by Crippen LogP contribution is -2.61. The van der Waals surface area contributed by atoms with E-state index in [0.29, 0.717) is 18.2 Å². The first-order valence-electron chi connectivity index (χ1n) is 7.35. The van der Waals surface area contributed by atoms with Gasteiger partial charge in [-0.2, -0.15) is 0 Å². The van der Waals surface area contributed by atoms with Crippen molar-refractivity contribution in [3.8, 4) is 0 Å². The Labute approximate surface area is 120 Å². The average Bonchev–Trinajstić information content (AvgIpc) is 2.38. The summed E-state index contributed by atoms with van der Waals surface area (Å²) < 4.78 is 27.2. The maximum atomic E-state index is 13.8. The molecule has 0 amide bonds. The van der Waals surface area contributed by atoms with Crippen LogP contribution in [0, 0.1) is 11.6 Å². The quantitative estimate of drug-likeness (QED) is 0.911. The molecular formula is C16H24F2N2. The van der Waals surface area contributed by atoms with Gasteiger partial charge in [0.05, 0.1) is 0 Å². The van der Waals surface area contributed by atoms with Crippen LogP contribution in [-0.2, 0) is 6.54 Å². The third-order valence-corrected chi connectivity index (χ3v) is 3.96. The summed E-state index contributed by atoms with van der Waals surface area (Å²) in [5, 5.41) is 3.53. The first-order chi connectivity index (χ1) is 9.43. The Morgan fingerprint density at radius 3 is 2.80 bits per heavy atom. The van der Waals surface area contributed by atoms with Crippen molar-refractivity contribution in [2.45, 2.75) is 51.7 Å². The minimum absolute atomic E-state index is 0.00798. The third-order valence-electron chi connectivity index (χ3n) is 3.96. The fourth-order valence-electron chi connectivity index (χ4n) is 2.91. The van der Waals surface area contributed by atoms with Gasteiger partial charge in [0, 0.05) is 36.8 Å². The maximum absolute atomic E-state index is 13.8. The second-order valence-electron chi connectivity index (χ2n) is 6.33. The SMILES string of the molecule is CCCC1CNC(C)(C)CN1Cc1cccc(F)c1F. The van der Waals surface area contributed by atoms with Gasteiger partial charge in [0.15, 0.2) is 11.6 Å². The van der Waals surface area contributed by atoms with Gasteiger partial charge in [0.2, 0.25) is 0 Å². The van der Waals surface area contributed by atoms with E-state index in [0.717, 1.165) is 25.9 Å². The van der Waals surface area contributed by atoms with E-state index in [1.54, 1.807) is 12.1 Å². The van der Waals surface area contributed by atoms with Crippen LogP contribution >= 0.6 is 0 Å². The third kappa shape index (κ3) is 3.55. The van der Waals surface area contributed by atoms with Crippen LogP contribution in [-0.4, -0.2) is 29.6 Å². The number of halogens is 2. The van der Waals surface area contributed by atoms with E-state index in [1.807, 2.05) is 0 Å². The molecule has 0 aliphatic carbocycles. The highest BCUT2D eigenvalue weighted by molar-refractivity contribution is 5.19. The normalized spacial score (nSPS) is 22.9. The van der Waals surface area contributed by atoms with Crippen LogP contribution in [0.25, 0.3) is 0 Å². The van der Waals surface area contributed by atoms with E-state index in [2.05, 4.69) is 31.0 Å². The molecule has 1 aliphatic rings. The summed E-state index contributed by atoms with van der Waals surface area (Å²) in [6.07, 6.45) is 2.16. The first kappa shape index (κ1) is 15.4. The largest absolute Gasteiger partial charge is 0.309 e. The molecule has 1 unspecified atom stereocenters. The molecule has 4 heteroatoms. The molecule has 2 rings (SSSR count). The summed E-state index contributed by atoms with van der Waals surface area (Å²) in [6, 6.07) is 4.81. The highest BCUT2D eigenvalue weighted by Crippen LogP contribution is 2.22. The molecule has 0 bridgehead atoms. The number of nitrogens with one attached hydrogen (secondary N) is 1. The number of rotatable bonds is 4. The van der Waals surface area contributed by atoms with Crippen LogP contribution in [0.2, 0.25) is 0 Å². The average molecular weight is 282 g/mol. The van der Waals surface area contributed by atoms with Crippen molar-refractivity contribution >= 4 is 0 Å². The van der Waals surface area contributed by atoms with E-state index in [1.165, 1.54) is 6.07 Å². The lowest BCUT2D eigenvalue weighted by Gasteiger charge is -2.44. The Morgan fingerprint density at radius 1 is 1.35 bits per heavy atom. The summed E-state index contributed by atoms with van der Waals surface area (Å²) in [4.78, 5) is 2.28. The summed E-state index contributed by atoms with van der Waals surface area (Å²) in [6.45, 7) is 8.65. The lowest BCUT2D eigenvalue weighted by molar-refractivity contribution is 0.0814. The second-order valence-corrected chi connectivity index (χ2v) is 6.33. The molecule has 112 valence electrons. The molecule has 1 fully saturated rings. The molecule has 1 N–H and O–H groups in total. The molecule has 1 saturated heterocycles. The summed E-state index contributed by atoms with van der Waals surface area (Å²) in [5.74, 6) is -1.47. The number of benzene rings is 1. The van der Waals surface area contributed by atoms with E-state index in [4.69, 9.17) is 0 Å². The smallest absolute Gasteiger partial charge is 0.163 e. The van der Waals surface area contributed by atoms with Crippen molar-refractivity contribution in [3.63, 3.8) is 0 Å². The molecule has 0 saturated carbocycles. The van der Waals surface area contributed by atoms with E-state index >= 15 is 0 Å². The number of hydrogen-bond donors (Lipinski definition) is 1. The Bertz CT molecular complexity index is 460. The minimum Gasteiger partial charge on any atom is -0.309 e. The zero-order valence-corrected chi connectivity index (χ0v) is 12.5. The standard InChI is InChI=1S/C16H24F2N2/c1-4-6-13-9-19-16(2,3)11-20(13)10-12-7-5-8-14(17)15(12)18/h5,7-8,13,19H,4,6,9-11H2,1-3H3. The van der Waals surface area contributed by atoms with Crippen molar-refractivity contribution in [1.29, 1.82) is 0 Å². The van der Waals surface area contributed by atoms with Gasteiger partial charge in [-0.05, 0) is 26.3 Å². The highest BCUT2D eigenvalue weighted by atomic mass is 19.2. The molecule has 0 spiro atoms. The van der Waals surface area contributed by atoms with Crippen molar-refractivity contribution in [2.24, 2.45) is 0 Å². The van der Waals surface area contributed by atoms with Crippen LogP contribution in [0.15, 0.2) is 18.2 Å². The van der Waals surface area contributed by atoms with Gasteiger partial charge in [-0.1, -0.05) is 25.5 Å². The summed E-state index contributed by atoms with van der Waals surface area (Å²) >= 11 is 0. The van der Waals surface area contributed by atoms with Crippen LogP contribution in [0.5, 0.6) is 0 Å². The van der Waals surface area contributed by atoms with Gasteiger partial charge in [0.25, 0.3) is 0 Å². The van der Waals surface area contributed by atoms with Crippen LogP contribution in [0.1, 0.15) is 39.2 Å². The second kappa shape index (κ2) is 6.19. The van der Waals surface area contributed by atoms with E-state index in [-0.39, 0.29) is 5.54 Å². The van der Waals surface area contributed by atoms with Crippen molar-refractivity contribution in [1.82, 2.24) is 10.2 Å². The molecule has 0 radical (unpaired) electrons. The zero-order chi connectivity index (χ0) is 14.8. The molecule has 1 heterocycles. The molecule has 1 aromatic rings. The van der Waals surface area contributed by atoms with Gasteiger partial charge in [0.1, 0.15) is 0 Å². The van der Waals surface area contributed by atoms with Gasteiger partial charge < -0.3 is 5.32 Å². The predicted octanol–water partition coefficient (Wildman–Crippen LogP) is 3.32. The van der Waals surface area contributed by atoms with Gasteiger partial charge in [-0.25, -0.2) is 8.78 Å². The van der Waals surface area contributed by atoms with Gasteiger partial charge >= 0.3 is 0 Å². The first-order valence-corrected chi connectivity index (χ1v) is 7.35. The molecule has 1 aliphatic heterocycles. The number of piperazine rings is 1. The van der Waals surface area contributed by atoms with Gasteiger partial charge in [-0.15, -0.1) is 0 Å². The molecule has 20 heavy (non-hydrogen) atoms. The van der Waals surface area contributed by atoms with E-state index < -0.39 is 11.6 Å². The van der Waals surface area contributed by atoms with E-state index in [9.17, 15) is 8.78 Å². The van der Waals surface area contributed by atoms with Crippen LogP contribution in [0.4, 0.5) is 8.78 Å². The monoisotopic (exact) mass is 282 g/mol. The van der Waals surface area contributed by atoms with Crippen molar-refractivity contribution in [3.05, 3.63) is 35.4 Å². The molecule has 1 atom stereocenters. The van der Waals surface area contributed by atoms with Crippen LogP contribution in [0.3, 0.4) is 0 Å². The summed E-state index contributed by atoms with van der Waals surface area (Å²) in [5.41, 5.74) is 0.456. The Hall–Kier alpha value is -1.00. The predicted molar refractivity (Wildman–Crippen MR) is 77.5 cm³/mol. The Morgan fingerprint density at radius 2 is 2.10 bits per heavy atom. The minimum atomic E-state index is -0.760. The maximum Gasteiger partial charge on any atom is 0.163 e. The van der Waals surface area contributed by atoms with Crippen molar-refractivity contribution in [2.75, 3.05) is 13.1 Å². The Kier molecular flexibility index (Phi) is 4.76. The molecule has 0 aromatic heterocycles. The lowest BCUT2D eigenvalue weighted by atomic mass is 9.96. The Balaban J connectivity index is 2.16. The summed E-state index contributed by atoms with van der Waals surface area (Å²) in [7, 11) is 0. The van der Waals surface area contributed by atoms with Crippen LogP contribution < -0.4 is 5.32 Å². The van der Waals surface area contributed by atoms with Crippen molar-refractivity contribution < 1.29 is 8.78 Å².